The number of nitrogens with zero attached hydrogens (tertiary/aromatic N) is 5. The average molecular weight is 468 g/mol. The van der Waals surface area contributed by atoms with Gasteiger partial charge in [-0.05, 0) is 24.1 Å². The summed E-state index contributed by atoms with van der Waals surface area (Å²) in [5.74, 6) is -0.160. The molecular weight excluding hydrogens is 445 g/mol. The predicted octanol–water partition coefficient (Wildman–Crippen LogP) is 2.36. The number of carbonyl (C=O) groups is 1. The molecule has 4 aromatic rings. The van der Waals surface area contributed by atoms with E-state index in [1.54, 1.807) is 30.9 Å². The second-order valence-electron chi connectivity index (χ2n) is 7.90. The number of nitrogens with one attached hydrogen (secondary N) is 1. The minimum atomic E-state index is -0.722. The maximum Gasteiger partial charge on any atom is 0.237 e. The molecule has 1 fully saturated rings. The zero-order valence-electron chi connectivity index (χ0n) is 17.6. The lowest BCUT2D eigenvalue weighted by atomic mass is 10.1. The van der Waals surface area contributed by atoms with E-state index in [-0.39, 0.29) is 5.82 Å². The molecule has 1 saturated heterocycles. The van der Waals surface area contributed by atoms with Crippen molar-refractivity contribution in [1.29, 1.82) is 0 Å². The van der Waals surface area contributed by atoms with Crippen LogP contribution >= 0.6 is 11.3 Å². The van der Waals surface area contributed by atoms with Gasteiger partial charge in [0.1, 0.15) is 23.2 Å². The first-order valence-electron chi connectivity index (χ1n) is 10.5. The SMILES string of the molecule is NC(=O)C1C(O)CCN1CCn1cnc2cnc(Nc3ncc(-c4ccc(F)cc4)s3)cc21. The molecule has 0 spiro atoms. The van der Waals surface area contributed by atoms with Crippen molar-refractivity contribution in [3.05, 3.63) is 54.9 Å². The van der Waals surface area contributed by atoms with Crippen molar-refractivity contribution < 1.29 is 14.3 Å². The van der Waals surface area contributed by atoms with Crippen LogP contribution in [0.3, 0.4) is 0 Å². The molecule has 1 aromatic carbocycles. The van der Waals surface area contributed by atoms with Crippen molar-refractivity contribution in [2.75, 3.05) is 18.4 Å². The van der Waals surface area contributed by atoms with Gasteiger partial charge in [0.15, 0.2) is 5.13 Å². The molecule has 2 atom stereocenters. The molecule has 5 rings (SSSR count). The lowest BCUT2D eigenvalue weighted by molar-refractivity contribution is -0.124. The highest BCUT2D eigenvalue weighted by atomic mass is 32.1. The molecule has 3 aromatic heterocycles. The normalized spacial score (nSPS) is 18.7. The summed E-state index contributed by atoms with van der Waals surface area (Å²) >= 11 is 1.45. The van der Waals surface area contributed by atoms with E-state index in [1.807, 2.05) is 15.5 Å². The summed E-state index contributed by atoms with van der Waals surface area (Å²) in [6, 6.07) is 7.53. The number of pyridine rings is 1. The Balaban J connectivity index is 1.30. The third-order valence-electron chi connectivity index (χ3n) is 5.77. The van der Waals surface area contributed by atoms with Crippen LogP contribution in [0.1, 0.15) is 6.42 Å². The molecule has 1 aliphatic rings. The number of likely N-dealkylation sites (tertiary alicyclic amines) is 1. The van der Waals surface area contributed by atoms with Gasteiger partial charge in [-0.3, -0.25) is 9.69 Å². The molecular formula is C22H22FN7O2S. The second kappa shape index (κ2) is 8.85. The van der Waals surface area contributed by atoms with Crippen LogP contribution in [0.5, 0.6) is 0 Å². The monoisotopic (exact) mass is 467 g/mol. The minimum Gasteiger partial charge on any atom is -0.391 e. The van der Waals surface area contributed by atoms with Crippen LogP contribution in [0.25, 0.3) is 21.5 Å². The highest BCUT2D eigenvalue weighted by molar-refractivity contribution is 7.18. The highest BCUT2D eigenvalue weighted by Gasteiger charge is 2.36. The van der Waals surface area contributed by atoms with Crippen LogP contribution in [0.15, 0.2) is 49.1 Å². The second-order valence-corrected chi connectivity index (χ2v) is 8.93. The Morgan fingerprint density at radius 1 is 1.21 bits per heavy atom. The molecule has 2 unspecified atom stereocenters. The number of rotatable bonds is 7. The van der Waals surface area contributed by atoms with Gasteiger partial charge in [-0.1, -0.05) is 23.5 Å². The number of anilines is 2. The molecule has 4 heterocycles. The standard InChI is InChI=1S/C22H22FN7O2S/c23-14-3-1-13(2-4-14)18-11-26-22(33-18)28-19-9-16-15(10-25-19)27-12-30(16)8-7-29-6-5-17(31)20(29)21(24)32/h1-4,9-12,17,20,31H,5-8H2,(H2,24,32)(H,25,26,28). The van der Waals surface area contributed by atoms with Crippen LogP contribution < -0.4 is 11.1 Å². The lowest BCUT2D eigenvalue weighted by Gasteiger charge is -2.23. The summed E-state index contributed by atoms with van der Waals surface area (Å²) in [6.45, 7) is 1.77. The zero-order chi connectivity index (χ0) is 22.9. The first kappa shape index (κ1) is 21.4. The predicted molar refractivity (Wildman–Crippen MR) is 123 cm³/mol. The largest absolute Gasteiger partial charge is 0.391 e. The fraction of sp³-hybridized carbons (Fsp3) is 0.273. The number of halogens is 1. The number of fused-ring (bicyclic) bond motifs is 1. The van der Waals surface area contributed by atoms with Gasteiger partial charge in [0.05, 0.1) is 29.0 Å². The molecule has 0 bridgehead atoms. The Morgan fingerprint density at radius 3 is 2.82 bits per heavy atom. The number of nitrogens with two attached hydrogens (primary N) is 1. The molecule has 170 valence electrons. The number of aliphatic hydroxyl groups excluding tert-OH is 1. The van der Waals surface area contributed by atoms with Crippen LogP contribution in [0.4, 0.5) is 15.3 Å². The van der Waals surface area contributed by atoms with Crippen molar-refractivity contribution in [3.63, 3.8) is 0 Å². The number of hydrogen-bond acceptors (Lipinski definition) is 8. The smallest absolute Gasteiger partial charge is 0.237 e. The minimum absolute atomic E-state index is 0.276. The topological polar surface area (TPSA) is 122 Å². The van der Waals surface area contributed by atoms with Gasteiger partial charge >= 0.3 is 0 Å². The van der Waals surface area contributed by atoms with E-state index in [1.165, 1.54) is 23.5 Å². The summed E-state index contributed by atoms with van der Waals surface area (Å²) in [5, 5.41) is 13.9. The summed E-state index contributed by atoms with van der Waals surface area (Å²) in [4.78, 5) is 27.7. The number of aromatic nitrogens is 4. The third kappa shape index (κ3) is 4.42. The van der Waals surface area contributed by atoms with Gasteiger partial charge in [-0.2, -0.15) is 0 Å². The van der Waals surface area contributed by atoms with E-state index in [2.05, 4.69) is 20.3 Å². The van der Waals surface area contributed by atoms with Crippen LogP contribution in [0, 0.1) is 5.82 Å². The molecule has 33 heavy (non-hydrogen) atoms. The lowest BCUT2D eigenvalue weighted by Crippen LogP contribution is -2.46. The van der Waals surface area contributed by atoms with E-state index in [0.717, 1.165) is 21.5 Å². The number of carbonyl (C=O) groups excluding carboxylic acids is 1. The number of hydrogen-bond donors (Lipinski definition) is 3. The Labute approximate surface area is 192 Å². The molecule has 4 N–H and O–H groups in total. The highest BCUT2D eigenvalue weighted by Crippen LogP contribution is 2.31. The number of amides is 1. The van der Waals surface area contributed by atoms with Crippen LogP contribution in [-0.4, -0.2) is 60.7 Å². The van der Waals surface area contributed by atoms with E-state index < -0.39 is 18.1 Å². The molecule has 9 nitrogen and oxygen atoms in total. The fourth-order valence-corrected chi connectivity index (χ4v) is 4.92. The fourth-order valence-electron chi connectivity index (χ4n) is 4.09. The van der Waals surface area contributed by atoms with Gasteiger partial charge in [0.25, 0.3) is 0 Å². The Morgan fingerprint density at radius 2 is 2.03 bits per heavy atom. The summed E-state index contributed by atoms with van der Waals surface area (Å²) in [5.41, 5.74) is 7.99. The zero-order valence-corrected chi connectivity index (χ0v) is 18.4. The number of primary amides is 1. The maximum absolute atomic E-state index is 13.2. The van der Waals surface area contributed by atoms with Gasteiger partial charge in [0, 0.05) is 31.9 Å². The first-order valence-corrected chi connectivity index (χ1v) is 11.3. The summed E-state index contributed by atoms with van der Waals surface area (Å²) in [6.07, 6.45) is 4.97. The molecule has 1 aliphatic heterocycles. The van der Waals surface area contributed by atoms with Crippen LogP contribution in [-0.2, 0) is 11.3 Å². The summed E-state index contributed by atoms with van der Waals surface area (Å²) < 4.78 is 15.2. The Bertz CT molecular complexity index is 1290. The van der Waals surface area contributed by atoms with Gasteiger partial charge in [0.2, 0.25) is 5.91 Å². The third-order valence-corrected chi connectivity index (χ3v) is 6.73. The molecule has 0 radical (unpaired) electrons. The number of imidazole rings is 1. The van der Waals surface area contributed by atoms with E-state index in [4.69, 9.17) is 5.73 Å². The van der Waals surface area contributed by atoms with Crippen molar-refractivity contribution >= 4 is 39.2 Å². The van der Waals surface area contributed by atoms with E-state index >= 15 is 0 Å². The molecule has 0 aliphatic carbocycles. The number of aliphatic hydroxyl groups is 1. The quantitative estimate of drug-likeness (QED) is 0.381. The maximum atomic E-state index is 13.2. The van der Waals surface area contributed by atoms with Crippen molar-refractivity contribution in [3.8, 4) is 10.4 Å². The van der Waals surface area contributed by atoms with Crippen molar-refractivity contribution in [1.82, 2.24) is 24.4 Å². The number of thiazole rings is 1. The molecule has 1 amide bonds. The Kier molecular flexibility index (Phi) is 5.75. The van der Waals surface area contributed by atoms with Gasteiger partial charge in [-0.25, -0.2) is 19.3 Å². The van der Waals surface area contributed by atoms with Crippen molar-refractivity contribution in [2.45, 2.75) is 25.1 Å². The van der Waals surface area contributed by atoms with Crippen LogP contribution in [0.2, 0.25) is 0 Å². The average Bonchev–Trinajstić information content (AvgIpc) is 3.51. The van der Waals surface area contributed by atoms with E-state index in [9.17, 15) is 14.3 Å². The Hall–Kier alpha value is -3.41. The van der Waals surface area contributed by atoms with Gasteiger partial charge in [-0.15, -0.1) is 0 Å². The van der Waals surface area contributed by atoms with E-state index in [0.29, 0.717) is 37.0 Å². The molecule has 11 heteroatoms. The first-order chi connectivity index (χ1) is 16.0. The molecule has 0 saturated carbocycles. The number of benzene rings is 1. The van der Waals surface area contributed by atoms with Gasteiger partial charge < -0.3 is 20.7 Å². The summed E-state index contributed by atoms with van der Waals surface area (Å²) in [7, 11) is 0. The van der Waals surface area contributed by atoms with Crippen molar-refractivity contribution in [2.24, 2.45) is 5.73 Å².